The number of likely N-dealkylation sites (N-methyl/N-ethyl adjacent to an activating group) is 1. The van der Waals surface area contributed by atoms with E-state index in [1.807, 2.05) is 0 Å². The highest BCUT2D eigenvalue weighted by Crippen LogP contribution is 2.44. The fourth-order valence-electron chi connectivity index (χ4n) is 3.72. The molecule has 0 aliphatic heterocycles. The number of hydrogen-bond donors (Lipinski definition) is 1. The summed E-state index contributed by atoms with van der Waals surface area (Å²) in [6.07, 6.45) is 2.39. The van der Waals surface area contributed by atoms with Crippen LogP contribution in [0, 0.1) is 5.41 Å². The number of benzene rings is 1. The molecule has 0 amide bonds. The van der Waals surface area contributed by atoms with Gasteiger partial charge in [0.15, 0.2) is 0 Å². The van der Waals surface area contributed by atoms with Crippen LogP contribution >= 0.6 is 0 Å². The van der Waals surface area contributed by atoms with Gasteiger partial charge in [-0.15, -0.1) is 0 Å². The lowest BCUT2D eigenvalue weighted by atomic mass is 9.71. The van der Waals surface area contributed by atoms with Crippen molar-refractivity contribution in [3.8, 4) is 0 Å². The Kier molecular flexibility index (Phi) is 4.27. The number of hydrogen-bond acceptors (Lipinski definition) is 2. The zero-order chi connectivity index (χ0) is 15.0. The van der Waals surface area contributed by atoms with Gasteiger partial charge in [0.05, 0.1) is 5.54 Å². The van der Waals surface area contributed by atoms with Crippen LogP contribution in [-0.4, -0.2) is 25.0 Å². The molecule has 20 heavy (non-hydrogen) atoms. The van der Waals surface area contributed by atoms with Gasteiger partial charge < -0.3 is 5.73 Å². The van der Waals surface area contributed by atoms with Crippen LogP contribution in [0.1, 0.15) is 57.6 Å². The quantitative estimate of drug-likeness (QED) is 0.910. The van der Waals surface area contributed by atoms with Crippen molar-refractivity contribution in [3.63, 3.8) is 0 Å². The first kappa shape index (κ1) is 15.5. The van der Waals surface area contributed by atoms with Gasteiger partial charge in [-0.25, -0.2) is 0 Å². The van der Waals surface area contributed by atoms with Gasteiger partial charge in [0.25, 0.3) is 0 Å². The normalized spacial score (nSPS) is 26.6. The van der Waals surface area contributed by atoms with Crippen molar-refractivity contribution in [2.45, 2.75) is 52.0 Å². The van der Waals surface area contributed by atoms with E-state index >= 15 is 0 Å². The Hall–Kier alpha value is -0.860. The highest BCUT2D eigenvalue weighted by Gasteiger charge is 2.41. The third-order valence-electron chi connectivity index (χ3n) is 4.76. The lowest BCUT2D eigenvalue weighted by Gasteiger charge is -2.48. The van der Waals surface area contributed by atoms with Crippen molar-refractivity contribution in [2.75, 3.05) is 20.1 Å². The maximum atomic E-state index is 6.28. The highest BCUT2D eigenvalue weighted by molar-refractivity contribution is 5.39. The Morgan fingerprint density at radius 1 is 1.30 bits per heavy atom. The van der Waals surface area contributed by atoms with Crippen LogP contribution in [-0.2, 0) is 5.54 Å². The van der Waals surface area contributed by atoms with Crippen LogP contribution in [0.3, 0.4) is 0 Å². The van der Waals surface area contributed by atoms with E-state index in [1.54, 1.807) is 0 Å². The number of nitrogens with two attached hydrogens (primary N) is 1. The molecular formula is C18H30N2. The molecule has 2 rings (SSSR count). The smallest absolute Gasteiger partial charge is 0.0584 e. The van der Waals surface area contributed by atoms with Crippen molar-refractivity contribution in [1.82, 2.24) is 4.90 Å². The molecular weight excluding hydrogens is 244 g/mol. The summed E-state index contributed by atoms with van der Waals surface area (Å²) in [5, 5.41) is 0. The average molecular weight is 274 g/mol. The molecule has 0 saturated carbocycles. The Labute approximate surface area is 124 Å². The Morgan fingerprint density at radius 3 is 2.55 bits per heavy atom. The fourth-order valence-corrected chi connectivity index (χ4v) is 3.72. The Balaban J connectivity index is 2.43. The zero-order valence-corrected chi connectivity index (χ0v) is 13.7. The molecule has 2 unspecified atom stereocenters. The van der Waals surface area contributed by atoms with Gasteiger partial charge in [0.2, 0.25) is 0 Å². The topological polar surface area (TPSA) is 29.3 Å². The maximum absolute atomic E-state index is 6.28. The van der Waals surface area contributed by atoms with E-state index < -0.39 is 0 Å². The molecule has 0 aromatic heterocycles. The lowest BCUT2D eigenvalue weighted by molar-refractivity contribution is 0.0657. The van der Waals surface area contributed by atoms with E-state index in [4.69, 9.17) is 5.73 Å². The van der Waals surface area contributed by atoms with Gasteiger partial charge in [-0.05, 0) is 42.3 Å². The van der Waals surface area contributed by atoms with Crippen LogP contribution in [0.5, 0.6) is 0 Å². The number of nitrogens with zero attached hydrogens (tertiary/aromatic N) is 1. The van der Waals surface area contributed by atoms with Gasteiger partial charge in [0, 0.05) is 13.1 Å². The number of rotatable bonds is 3. The van der Waals surface area contributed by atoms with Crippen molar-refractivity contribution < 1.29 is 0 Å². The molecule has 2 atom stereocenters. The average Bonchev–Trinajstić information content (AvgIpc) is 2.38. The third kappa shape index (κ3) is 2.77. The third-order valence-corrected chi connectivity index (χ3v) is 4.76. The monoisotopic (exact) mass is 274 g/mol. The van der Waals surface area contributed by atoms with Crippen LogP contribution < -0.4 is 5.73 Å². The molecule has 2 heteroatoms. The van der Waals surface area contributed by atoms with Gasteiger partial charge in [-0.1, -0.05) is 52.0 Å². The Bertz CT molecular complexity index is 461. The first-order valence-electron chi connectivity index (χ1n) is 7.81. The second kappa shape index (κ2) is 5.50. The molecule has 0 heterocycles. The fraction of sp³-hybridized carbons (Fsp3) is 0.667. The molecule has 1 aliphatic carbocycles. The Morgan fingerprint density at radius 2 is 1.95 bits per heavy atom. The van der Waals surface area contributed by atoms with Gasteiger partial charge in [-0.3, -0.25) is 4.90 Å². The standard InChI is InChI=1S/C18H30N2/c1-14-10-11-18(12-19,20(5)13-17(2,3)4)16-9-7-6-8-15(14)16/h6-9,14H,10-13,19H2,1-5H3. The number of fused-ring (bicyclic) bond motifs is 1. The second-order valence-corrected chi connectivity index (χ2v) is 7.68. The van der Waals surface area contributed by atoms with Gasteiger partial charge in [-0.2, -0.15) is 0 Å². The molecule has 0 bridgehead atoms. The zero-order valence-electron chi connectivity index (χ0n) is 13.7. The minimum Gasteiger partial charge on any atom is -0.328 e. The van der Waals surface area contributed by atoms with E-state index in [0.29, 0.717) is 12.5 Å². The first-order valence-corrected chi connectivity index (χ1v) is 7.81. The van der Waals surface area contributed by atoms with Crippen LogP contribution in [0.15, 0.2) is 24.3 Å². The minimum atomic E-state index is 0.0103. The SMILES string of the molecule is CC1CCC(CN)(N(C)CC(C)(C)C)c2ccccc21. The lowest BCUT2D eigenvalue weighted by Crippen LogP contribution is -2.53. The van der Waals surface area contributed by atoms with Gasteiger partial charge >= 0.3 is 0 Å². The maximum Gasteiger partial charge on any atom is 0.0584 e. The molecule has 0 saturated heterocycles. The second-order valence-electron chi connectivity index (χ2n) is 7.68. The van der Waals surface area contributed by atoms with Crippen LogP contribution in [0.25, 0.3) is 0 Å². The van der Waals surface area contributed by atoms with Crippen molar-refractivity contribution in [3.05, 3.63) is 35.4 Å². The summed E-state index contributed by atoms with van der Waals surface area (Å²) < 4.78 is 0. The summed E-state index contributed by atoms with van der Waals surface area (Å²) in [4.78, 5) is 2.50. The molecule has 2 N–H and O–H groups in total. The first-order chi connectivity index (χ1) is 9.30. The summed E-state index contributed by atoms with van der Waals surface area (Å²) in [7, 11) is 2.24. The highest BCUT2D eigenvalue weighted by atomic mass is 15.2. The molecule has 112 valence electrons. The van der Waals surface area contributed by atoms with Crippen molar-refractivity contribution in [2.24, 2.45) is 11.1 Å². The summed E-state index contributed by atoms with van der Waals surface area (Å²) in [5.41, 5.74) is 9.52. The predicted molar refractivity (Wildman–Crippen MR) is 86.9 cm³/mol. The van der Waals surface area contributed by atoms with Crippen molar-refractivity contribution >= 4 is 0 Å². The molecule has 2 nitrogen and oxygen atoms in total. The predicted octanol–water partition coefficient (Wildman–Crippen LogP) is 3.72. The molecule has 1 aliphatic rings. The van der Waals surface area contributed by atoms with E-state index in [9.17, 15) is 0 Å². The van der Waals surface area contributed by atoms with E-state index in [-0.39, 0.29) is 11.0 Å². The van der Waals surface area contributed by atoms with E-state index in [1.165, 1.54) is 17.5 Å². The summed E-state index contributed by atoms with van der Waals surface area (Å²) in [6, 6.07) is 8.89. The largest absolute Gasteiger partial charge is 0.328 e. The molecule has 0 fully saturated rings. The van der Waals surface area contributed by atoms with Crippen LogP contribution in [0.4, 0.5) is 0 Å². The van der Waals surface area contributed by atoms with E-state index in [0.717, 1.165) is 13.0 Å². The molecule has 0 spiro atoms. The minimum absolute atomic E-state index is 0.0103. The van der Waals surface area contributed by atoms with Gasteiger partial charge in [0.1, 0.15) is 0 Å². The summed E-state index contributed by atoms with van der Waals surface area (Å²) in [5.74, 6) is 0.647. The molecule has 1 aromatic rings. The van der Waals surface area contributed by atoms with Crippen molar-refractivity contribution in [1.29, 1.82) is 0 Å². The van der Waals surface area contributed by atoms with E-state index in [2.05, 4.69) is 63.9 Å². The summed E-state index contributed by atoms with van der Waals surface area (Å²) >= 11 is 0. The summed E-state index contributed by atoms with van der Waals surface area (Å²) in [6.45, 7) is 11.0. The molecule has 1 aromatic carbocycles. The van der Waals surface area contributed by atoms with Crippen LogP contribution in [0.2, 0.25) is 0 Å². The molecule has 0 radical (unpaired) electrons.